The predicted molar refractivity (Wildman–Crippen MR) is 10.7 cm³/mol. The zero-order valence-corrected chi connectivity index (χ0v) is 6.83. The molecule has 0 aliphatic carbocycles. The molecule has 0 aromatic heterocycles. The second kappa shape index (κ2) is 9.29. The van der Waals surface area contributed by atoms with Gasteiger partial charge < -0.3 is 9.90 Å². The fraction of sp³-hybridized carbons (Fsp3) is 0.500. The zero-order chi connectivity index (χ0) is 3.58. The third kappa shape index (κ3) is 98.0. The maximum Gasteiger partial charge on any atom is 1.00 e. The van der Waals surface area contributed by atoms with Crippen molar-refractivity contribution in [1.82, 2.24) is 0 Å². The Bertz CT molecular complexity index is 34.5. The summed E-state index contributed by atoms with van der Waals surface area (Å²) >= 11 is 0. The van der Waals surface area contributed by atoms with Gasteiger partial charge in [0.15, 0.2) is 0 Å². The molecule has 2 nitrogen and oxygen atoms in total. The summed E-state index contributed by atoms with van der Waals surface area (Å²) in [6.45, 7) is 0.972. The molecule has 0 aliphatic rings. The Balaban J connectivity index is -0.0000000450. The minimum atomic E-state index is -1.08. The molecule has 0 heterocycles. The van der Waals surface area contributed by atoms with Crippen LogP contribution in [-0.4, -0.2) is 5.97 Å². The molecule has 0 aromatic rings. The monoisotopic (exact) mass is 359 g/mol. The van der Waals surface area contributed by atoms with Crippen molar-refractivity contribution in [2.45, 2.75) is 6.92 Å². The third-order valence-electron chi connectivity index (χ3n) is 0. The molecule has 1 radical (unpaired) electrons. The summed E-state index contributed by atoms with van der Waals surface area (Å²) in [5.41, 5.74) is 0. The Morgan fingerprint density at radius 3 is 1.67 bits per heavy atom. The number of carbonyl (C=O) groups excluding carboxylic acids is 1. The number of aliphatic carboxylic acids is 1. The van der Waals surface area contributed by atoms with Crippen molar-refractivity contribution in [2.24, 2.45) is 0 Å². The number of carbonyl (C=O) groups is 1. The van der Waals surface area contributed by atoms with E-state index in [2.05, 4.69) is 0 Å². The number of carboxylic acid groups (broad SMARTS) is 1. The first-order valence-electron chi connectivity index (χ1n) is 0.908. The molecular weight excluding hydrogens is 356 g/mol. The van der Waals surface area contributed by atoms with Gasteiger partial charge in [-0.25, -0.2) is 0 Å². The molecule has 0 saturated heterocycles. The van der Waals surface area contributed by atoms with E-state index in [4.69, 9.17) is 9.90 Å². The molecule has 0 amide bonds. The van der Waals surface area contributed by atoms with E-state index in [0.717, 1.165) is 6.92 Å². The van der Waals surface area contributed by atoms with Gasteiger partial charge in [0.1, 0.15) is 0 Å². The molecule has 0 spiro atoms. The van der Waals surface area contributed by atoms with Crippen LogP contribution in [0.5, 0.6) is 0 Å². The first-order valence-corrected chi connectivity index (χ1v) is 0.908. The van der Waals surface area contributed by atoms with Crippen molar-refractivity contribution in [3.63, 3.8) is 0 Å². The fourth-order valence-corrected chi connectivity index (χ4v) is 0. The van der Waals surface area contributed by atoms with Crippen LogP contribution in [-0.2, 0) is 47.3 Å². The Morgan fingerprint density at radius 2 is 1.67 bits per heavy atom. The van der Waals surface area contributed by atoms with Crippen LogP contribution in [0.2, 0.25) is 0 Å². The summed E-state index contributed by atoms with van der Waals surface area (Å²) in [4.78, 5) is 8.89. The van der Waals surface area contributed by atoms with Crippen LogP contribution in [0.25, 0.3) is 0 Å². The number of rotatable bonds is 0. The molecule has 0 aromatic carbocycles. The molecule has 0 unspecified atom stereocenters. The Kier molecular flexibility index (Phi) is 24.5. The van der Waals surface area contributed by atoms with Gasteiger partial charge in [-0.2, -0.15) is 0 Å². The van der Waals surface area contributed by atoms with Crippen molar-refractivity contribution >= 4 is 5.97 Å². The largest absolute Gasteiger partial charge is 1.00 e. The topological polar surface area (TPSA) is 40.1 Å². The second-order valence-electron chi connectivity index (χ2n) is 0.492. The molecule has 0 fully saturated rings. The van der Waals surface area contributed by atoms with Crippen LogP contribution in [0.3, 0.4) is 0 Å². The molecule has 4 heteroatoms. The van der Waals surface area contributed by atoms with E-state index in [1.54, 1.807) is 0 Å². The van der Waals surface area contributed by atoms with Crippen molar-refractivity contribution in [1.29, 1.82) is 0 Å². The minimum absolute atomic E-state index is 0. The van der Waals surface area contributed by atoms with E-state index in [1.807, 2.05) is 0 Å². The Labute approximate surface area is 65.2 Å². The van der Waals surface area contributed by atoms with E-state index in [-0.39, 0.29) is 42.5 Å². The van der Waals surface area contributed by atoms with Gasteiger partial charge in [-0.1, -0.05) is 0 Å². The molecular formula is C2H3AgIrO2. The van der Waals surface area contributed by atoms with Gasteiger partial charge in [0.05, 0.1) is 0 Å². The van der Waals surface area contributed by atoms with Crippen LogP contribution in [0.4, 0.5) is 0 Å². The SMILES string of the molecule is CC(=O)[O-].[Ag+].[Ir]. The van der Waals surface area contributed by atoms with E-state index in [1.165, 1.54) is 0 Å². The molecule has 0 atom stereocenters. The summed E-state index contributed by atoms with van der Waals surface area (Å²) in [7, 11) is 0. The van der Waals surface area contributed by atoms with E-state index in [0.29, 0.717) is 0 Å². The van der Waals surface area contributed by atoms with Crippen molar-refractivity contribution in [3.8, 4) is 0 Å². The molecule has 0 aliphatic heterocycles. The van der Waals surface area contributed by atoms with Crippen molar-refractivity contribution in [2.75, 3.05) is 0 Å². The maximum absolute atomic E-state index is 8.89. The summed E-state index contributed by atoms with van der Waals surface area (Å²) in [6, 6.07) is 0. The third-order valence-corrected chi connectivity index (χ3v) is 0. The Morgan fingerprint density at radius 1 is 1.67 bits per heavy atom. The minimum Gasteiger partial charge on any atom is -0.550 e. The van der Waals surface area contributed by atoms with Crippen LogP contribution >= 0.6 is 0 Å². The Hall–Kier alpha value is 0.860. The van der Waals surface area contributed by atoms with Crippen molar-refractivity contribution < 1.29 is 52.4 Å². The molecule has 0 rings (SSSR count). The summed E-state index contributed by atoms with van der Waals surface area (Å²) < 4.78 is 0. The van der Waals surface area contributed by atoms with Crippen LogP contribution in [0.1, 0.15) is 6.92 Å². The van der Waals surface area contributed by atoms with Crippen LogP contribution < -0.4 is 5.11 Å². The summed E-state index contributed by atoms with van der Waals surface area (Å²) in [5.74, 6) is -1.08. The van der Waals surface area contributed by atoms with Crippen molar-refractivity contribution in [3.05, 3.63) is 0 Å². The van der Waals surface area contributed by atoms with E-state index < -0.39 is 5.97 Å². The molecule has 0 bridgehead atoms. The number of carboxylic acids is 1. The van der Waals surface area contributed by atoms with Crippen LogP contribution in [0.15, 0.2) is 0 Å². The first kappa shape index (κ1) is 15.8. The van der Waals surface area contributed by atoms with Gasteiger partial charge in [0, 0.05) is 26.1 Å². The molecule has 6 heavy (non-hydrogen) atoms. The average molecular weight is 359 g/mol. The fourth-order valence-electron chi connectivity index (χ4n) is 0. The van der Waals surface area contributed by atoms with Gasteiger partial charge in [-0.3, -0.25) is 0 Å². The van der Waals surface area contributed by atoms with Crippen LogP contribution in [0, 0.1) is 0 Å². The van der Waals surface area contributed by atoms with Gasteiger partial charge in [0.2, 0.25) is 0 Å². The van der Waals surface area contributed by atoms with Gasteiger partial charge in [-0.15, -0.1) is 0 Å². The molecule has 43 valence electrons. The summed E-state index contributed by atoms with van der Waals surface area (Å²) in [5, 5.41) is 8.89. The second-order valence-corrected chi connectivity index (χ2v) is 0.492. The van der Waals surface area contributed by atoms with Gasteiger partial charge >= 0.3 is 22.4 Å². The quantitative estimate of drug-likeness (QED) is 0.508. The average Bonchev–Trinajstić information content (AvgIpc) is 0.811. The number of hydrogen-bond donors (Lipinski definition) is 0. The molecule has 0 saturated carbocycles. The normalized spacial score (nSPS) is 4.17. The first-order chi connectivity index (χ1) is 1.73. The smallest absolute Gasteiger partial charge is 0.550 e. The summed E-state index contributed by atoms with van der Waals surface area (Å²) in [6.07, 6.45) is 0. The van der Waals surface area contributed by atoms with E-state index >= 15 is 0 Å². The maximum atomic E-state index is 8.89. The van der Waals surface area contributed by atoms with E-state index in [9.17, 15) is 0 Å². The van der Waals surface area contributed by atoms with Gasteiger partial charge in [0.25, 0.3) is 0 Å². The zero-order valence-electron chi connectivity index (χ0n) is 2.95. The predicted octanol–water partition coefficient (Wildman–Crippen LogP) is -1.25. The van der Waals surface area contributed by atoms with Gasteiger partial charge in [-0.05, 0) is 6.92 Å². The molecule has 0 N–H and O–H groups in total. The standard InChI is InChI=1S/C2H4O2.Ag.Ir/c1-2(3)4;;/h1H3,(H,3,4);;/q;+1;/p-1. The number of hydrogen-bond acceptors (Lipinski definition) is 2.